The van der Waals surface area contributed by atoms with Crippen molar-refractivity contribution in [3.05, 3.63) is 0 Å². The number of thiocarbonyl (C=S) groups is 6. The molecule has 0 saturated carbocycles. The molecule has 0 rings (SSSR count). The number of rotatable bonds is 6. The van der Waals surface area contributed by atoms with E-state index in [1.165, 1.54) is 0 Å². The van der Waals surface area contributed by atoms with Crippen LogP contribution in [0.2, 0.25) is 0 Å². The van der Waals surface area contributed by atoms with Gasteiger partial charge in [-0.1, -0.05) is 0 Å². The number of hydrogen-bond donors (Lipinski definition) is 0. The van der Waals surface area contributed by atoms with Crippen LogP contribution in [-0.2, 0) is 0 Å². The van der Waals surface area contributed by atoms with Crippen molar-refractivity contribution in [2.45, 2.75) is 0 Å². The van der Waals surface area contributed by atoms with Crippen molar-refractivity contribution < 1.29 is 0 Å². The average molecular weight is 379 g/mol. The maximum atomic E-state index is 4.52. The minimum absolute atomic E-state index is 1.98. The quantitative estimate of drug-likeness (QED) is 0.391. The van der Waals surface area contributed by atoms with E-state index < -0.39 is 6.85 Å². The van der Waals surface area contributed by atoms with Crippen LogP contribution < -0.4 is 0 Å². The zero-order chi connectivity index (χ0) is 14.9. The van der Waals surface area contributed by atoms with Crippen LogP contribution in [0, 0.1) is 0 Å². The number of hydrogen-bond acceptors (Lipinski definition) is 12. The molecular formula is C6N6PS6-. The van der Waals surface area contributed by atoms with Crippen LogP contribution in [0.4, 0.5) is 0 Å². The molecule has 0 radical (unpaired) electrons. The molecule has 13 heteroatoms. The van der Waals surface area contributed by atoms with E-state index in [1.807, 2.05) is 31.0 Å². The van der Waals surface area contributed by atoms with E-state index in [4.69, 9.17) is 0 Å². The van der Waals surface area contributed by atoms with Gasteiger partial charge in [-0.3, -0.25) is 0 Å². The van der Waals surface area contributed by atoms with Gasteiger partial charge in [0.15, 0.2) is 0 Å². The Labute approximate surface area is 139 Å². The third-order valence-electron chi connectivity index (χ3n) is 1.59. The van der Waals surface area contributed by atoms with E-state index in [2.05, 4.69) is 102 Å². The first-order chi connectivity index (χ1) is 8.97. The molecule has 0 aliphatic carbocycles. The Morgan fingerprint density at radius 3 is 0.684 bits per heavy atom. The molecule has 0 amide bonds. The Hall–Kier alpha value is -0.770. The van der Waals surface area contributed by atoms with E-state index in [0.29, 0.717) is 0 Å². The van der Waals surface area contributed by atoms with Crippen LogP contribution >= 0.6 is 80.2 Å². The Kier molecular flexibility index (Phi) is 6.33. The first kappa shape index (κ1) is 18.2. The molecule has 0 bridgehead atoms. The topological polar surface area (TPSA) is 74.2 Å². The second-order valence-electron chi connectivity index (χ2n) is 2.49. The molecule has 0 aliphatic rings. The summed E-state index contributed by atoms with van der Waals surface area (Å²) in [5.74, 6) is 0. The summed E-state index contributed by atoms with van der Waals surface area (Å²) in [5.41, 5.74) is 0. The van der Waals surface area contributed by atoms with Crippen LogP contribution in [-0.4, -0.2) is 31.0 Å². The molecule has 0 aromatic carbocycles. The molecule has 0 aromatic rings. The molecule has 96 valence electrons. The SMILES string of the molecule is S=C=N[P-](N=C=S)(N=C=S)(N=C=S)(N=C=S)N=C=S. The van der Waals surface area contributed by atoms with Crippen molar-refractivity contribution in [3.8, 4) is 0 Å². The average Bonchev–Trinajstić information content (AvgIpc) is 2.31. The van der Waals surface area contributed by atoms with Gasteiger partial charge in [-0.05, 0) is 0 Å². The zero-order valence-corrected chi connectivity index (χ0v) is 14.4. The molecule has 19 heavy (non-hydrogen) atoms. The van der Waals surface area contributed by atoms with E-state index in [0.717, 1.165) is 0 Å². The maximum absolute atomic E-state index is 5.64. The van der Waals surface area contributed by atoms with Crippen LogP contribution in [0.1, 0.15) is 0 Å². The van der Waals surface area contributed by atoms with E-state index in [9.17, 15) is 0 Å². The van der Waals surface area contributed by atoms with Gasteiger partial charge in [0, 0.05) is 0 Å². The molecule has 0 aliphatic heterocycles. The third kappa shape index (κ3) is 3.22. The van der Waals surface area contributed by atoms with Gasteiger partial charge in [-0.15, -0.1) is 0 Å². The van der Waals surface area contributed by atoms with Crippen molar-refractivity contribution in [2.24, 2.45) is 28.6 Å². The summed E-state index contributed by atoms with van der Waals surface area (Å²) in [6, 6.07) is 0. The number of nitrogens with zero attached hydrogens (tertiary/aromatic N) is 6. The van der Waals surface area contributed by atoms with Gasteiger partial charge in [0.05, 0.1) is 0 Å². The fourth-order valence-electron chi connectivity index (χ4n) is 0.883. The van der Waals surface area contributed by atoms with Crippen LogP contribution in [0.25, 0.3) is 0 Å². The summed E-state index contributed by atoms with van der Waals surface area (Å²) in [7, 11) is 0. The molecule has 0 heterocycles. The van der Waals surface area contributed by atoms with Gasteiger partial charge >= 0.3 is 140 Å². The minimum atomic E-state index is -5.64. The Balaban J connectivity index is 7.86. The predicted molar refractivity (Wildman–Crippen MR) is 97.1 cm³/mol. The summed E-state index contributed by atoms with van der Waals surface area (Å²) < 4.78 is 22.1. The van der Waals surface area contributed by atoms with E-state index in [1.54, 1.807) is 0 Å². The molecule has 0 saturated heterocycles. The van der Waals surface area contributed by atoms with E-state index >= 15 is 0 Å². The van der Waals surface area contributed by atoms with Gasteiger partial charge in [0.2, 0.25) is 0 Å². The summed E-state index contributed by atoms with van der Waals surface area (Å²) in [6.07, 6.45) is 0. The summed E-state index contributed by atoms with van der Waals surface area (Å²) in [6.45, 7) is -5.64. The van der Waals surface area contributed by atoms with Crippen molar-refractivity contribution in [1.29, 1.82) is 0 Å². The second-order valence-corrected chi connectivity index (χ2v) is 7.47. The van der Waals surface area contributed by atoms with Crippen molar-refractivity contribution in [1.82, 2.24) is 0 Å². The van der Waals surface area contributed by atoms with Gasteiger partial charge in [-0.25, -0.2) is 0 Å². The van der Waals surface area contributed by atoms with Crippen LogP contribution in [0.15, 0.2) is 28.6 Å². The Morgan fingerprint density at radius 2 is 0.579 bits per heavy atom. The predicted octanol–water partition coefficient (Wildman–Crippen LogP) is 4.18. The van der Waals surface area contributed by atoms with Gasteiger partial charge in [0.1, 0.15) is 0 Å². The van der Waals surface area contributed by atoms with Crippen LogP contribution in [0.5, 0.6) is 0 Å². The fraction of sp³-hybridized carbons (Fsp3) is 0. The fourth-order valence-corrected chi connectivity index (χ4v) is 5.94. The van der Waals surface area contributed by atoms with Gasteiger partial charge < -0.3 is 0 Å². The number of isothiocyanates is 6. The first-order valence-corrected chi connectivity index (χ1v) is 8.62. The molecule has 0 N–H and O–H groups in total. The normalized spacial score (nSPS) is 12.0. The molecule has 0 unspecified atom stereocenters. The van der Waals surface area contributed by atoms with Crippen LogP contribution in [0.3, 0.4) is 0 Å². The summed E-state index contributed by atoms with van der Waals surface area (Å²) in [4.78, 5) is 0. The molecule has 0 spiro atoms. The Bertz CT molecular complexity index is 545. The van der Waals surface area contributed by atoms with Gasteiger partial charge in [0.25, 0.3) is 0 Å². The zero-order valence-electron chi connectivity index (χ0n) is 8.58. The molecular weight excluding hydrogens is 379 g/mol. The molecule has 0 aromatic heterocycles. The molecule has 0 atom stereocenters. The van der Waals surface area contributed by atoms with E-state index in [-0.39, 0.29) is 0 Å². The van der Waals surface area contributed by atoms with Crippen molar-refractivity contribution >= 4 is 111 Å². The molecule has 0 fully saturated rings. The second kappa shape index (κ2) is 6.60. The third-order valence-corrected chi connectivity index (χ3v) is 6.23. The monoisotopic (exact) mass is 379 g/mol. The summed E-state index contributed by atoms with van der Waals surface area (Å²) in [5, 5.41) is 11.9. The van der Waals surface area contributed by atoms with Crippen molar-refractivity contribution in [3.63, 3.8) is 0 Å². The summed E-state index contributed by atoms with van der Waals surface area (Å²) >= 11 is 27.1. The van der Waals surface area contributed by atoms with Gasteiger partial charge in [-0.2, -0.15) is 0 Å². The standard InChI is InChI=1S/C6N6PS6/c14-1-7-13(8-2-15,9-3-16,10-4-17,11-5-18)12-6-19/q-1. The van der Waals surface area contributed by atoms with Crippen molar-refractivity contribution in [2.75, 3.05) is 0 Å². The Morgan fingerprint density at radius 1 is 0.421 bits per heavy atom. The molecule has 6 nitrogen and oxygen atoms in total. The first-order valence-electron chi connectivity index (χ1n) is 3.77.